The molecule has 5 heteroatoms. The van der Waals surface area contributed by atoms with E-state index in [1.54, 1.807) is 0 Å². The van der Waals surface area contributed by atoms with Crippen molar-refractivity contribution in [2.75, 3.05) is 6.61 Å². The van der Waals surface area contributed by atoms with Crippen LogP contribution in [0.5, 0.6) is 0 Å². The van der Waals surface area contributed by atoms with Crippen molar-refractivity contribution in [3.63, 3.8) is 0 Å². The van der Waals surface area contributed by atoms with Gasteiger partial charge in [0.1, 0.15) is 6.10 Å². The van der Waals surface area contributed by atoms with Crippen LogP contribution >= 0.6 is 0 Å². The summed E-state index contributed by atoms with van der Waals surface area (Å²) in [5, 5.41) is 33.2. The summed E-state index contributed by atoms with van der Waals surface area (Å²) in [7, 11) is 0. The molecule has 0 aliphatic heterocycles. The molecule has 41 heavy (non-hydrogen) atoms. The van der Waals surface area contributed by atoms with Crippen molar-refractivity contribution < 1.29 is 20.1 Å². The SMILES string of the molecule is CCCCCCC/C=C/CC/C=C/CCCC(O)C(O)C(CO)NC(=O)CCCCC/C=C\CCCCCCCC. The van der Waals surface area contributed by atoms with E-state index in [9.17, 15) is 20.1 Å². The first kappa shape index (κ1) is 39.6. The van der Waals surface area contributed by atoms with Crippen LogP contribution < -0.4 is 5.32 Å². The molecule has 0 bridgehead atoms. The fourth-order valence-electron chi connectivity index (χ4n) is 4.93. The van der Waals surface area contributed by atoms with E-state index in [0.29, 0.717) is 12.8 Å². The molecule has 240 valence electrons. The van der Waals surface area contributed by atoms with Crippen molar-refractivity contribution in [1.29, 1.82) is 0 Å². The highest BCUT2D eigenvalue weighted by atomic mass is 16.3. The van der Waals surface area contributed by atoms with Gasteiger partial charge in [0.2, 0.25) is 5.91 Å². The van der Waals surface area contributed by atoms with Crippen LogP contribution in [-0.4, -0.2) is 46.1 Å². The quantitative estimate of drug-likeness (QED) is 0.0507. The normalized spacial score (nSPS) is 14.4. The Balaban J connectivity index is 3.84. The molecular formula is C36H67NO4. The molecule has 0 aromatic heterocycles. The highest BCUT2D eigenvalue weighted by Crippen LogP contribution is 2.12. The lowest BCUT2D eigenvalue weighted by atomic mass is 10.0. The van der Waals surface area contributed by atoms with Gasteiger partial charge in [-0.05, 0) is 77.0 Å². The summed E-state index contributed by atoms with van der Waals surface area (Å²) < 4.78 is 0. The van der Waals surface area contributed by atoms with Gasteiger partial charge in [0, 0.05) is 6.42 Å². The summed E-state index contributed by atoms with van der Waals surface area (Å²) in [6, 6.07) is -0.837. The summed E-state index contributed by atoms with van der Waals surface area (Å²) in [5.41, 5.74) is 0. The molecule has 3 unspecified atom stereocenters. The fraction of sp³-hybridized carbons (Fsp3) is 0.806. The fourth-order valence-corrected chi connectivity index (χ4v) is 4.93. The van der Waals surface area contributed by atoms with Crippen LogP contribution in [0.4, 0.5) is 0 Å². The maximum Gasteiger partial charge on any atom is 0.220 e. The minimum absolute atomic E-state index is 0.178. The van der Waals surface area contributed by atoms with Gasteiger partial charge in [0.15, 0.2) is 0 Å². The standard InChI is InChI=1S/C36H67NO4/c1-3-5-7-9-11-13-15-17-19-20-22-24-26-28-30-34(39)36(41)33(32-38)37-35(40)31-29-27-25-23-21-18-16-14-12-10-8-6-4-2/h15,17-18,21-22,24,33-34,36,38-39,41H,3-14,16,19-20,23,25-32H2,1-2H3,(H,37,40)/b17-15+,21-18-,24-22+. The number of carbonyl (C=O) groups excluding carboxylic acids is 1. The number of aliphatic hydroxyl groups excluding tert-OH is 3. The topological polar surface area (TPSA) is 89.8 Å². The number of hydrogen-bond acceptors (Lipinski definition) is 4. The highest BCUT2D eigenvalue weighted by Gasteiger charge is 2.26. The molecule has 0 radical (unpaired) electrons. The van der Waals surface area contributed by atoms with Gasteiger partial charge in [-0.3, -0.25) is 4.79 Å². The minimum atomic E-state index is -1.17. The summed E-state index contributed by atoms with van der Waals surface area (Å²) in [6.45, 7) is 4.10. The number of rotatable bonds is 30. The lowest BCUT2D eigenvalue weighted by Crippen LogP contribution is -2.50. The molecular weight excluding hydrogens is 510 g/mol. The zero-order valence-electron chi connectivity index (χ0n) is 26.9. The highest BCUT2D eigenvalue weighted by molar-refractivity contribution is 5.76. The van der Waals surface area contributed by atoms with Crippen molar-refractivity contribution >= 4 is 5.91 Å². The van der Waals surface area contributed by atoms with E-state index in [1.165, 1.54) is 83.5 Å². The Kier molecular flexibility index (Phi) is 30.4. The number of amides is 1. The molecule has 0 spiro atoms. The molecule has 0 aliphatic carbocycles. The van der Waals surface area contributed by atoms with E-state index in [0.717, 1.165) is 51.4 Å². The lowest BCUT2D eigenvalue weighted by Gasteiger charge is -2.26. The van der Waals surface area contributed by atoms with Crippen LogP contribution in [0.3, 0.4) is 0 Å². The van der Waals surface area contributed by atoms with Crippen LogP contribution in [-0.2, 0) is 4.79 Å². The zero-order chi connectivity index (χ0) is 30.2. The number of aliphatic hydroxyl groups is 3. The average molecular weight is 578 g/mol. The second kappa shape index (κ2) is 31.5. The van der Waals surface area contributed by atoms with Crippen LogP contribution in [0.15, 0.2) is 36.5 Å². The Morgan fingerprint density at radius 3 is 1.49 bits per heavy atom. The second-order valence-electron chi connectivity index (χ2n) is 11.7. The predicted octanol–water partition coefficient (Wildman–Crippen LogP) is 8.87. The first-order chi connectivity index (χ1) is 20.1. The van der Waals surface area contributed by atoms with Crippen molar-refractivity contribution in [2.24, 2.45) is 0 Å². The Hall–Kier alpha value is -1.43. The minimum Gasteiger partial charge on any atom is -0.394 e. The zero-order valence-corrected chi connectivity index (χ0v) is 26.9. The number of carbonyl (C=O) groups is 1. The molecule has 0 fully saturated rings. The van der Waals surface area contributed by atoms with Crippen molar-refractivity contribution in [2.45, 2.75) is 180 Å². The molecule has 0 aromatic rings. The first-order valence-corrected chi connectivity index (χ1v) is 17.3. The van der Waals surface area contributed by atoms with Gasteiger partial charge in [0.05, 0.1) is 18.8 Å². The summed E-state index contributed by atoms with van der Waals surface area (Å²) in [4.78, 5) is 12.3. The summed E-state index contributed by atoms with van der Waals surface area (Å²) in [5.74, 6) is -0.178. The number of hydrogen-bond donors (Lipinski definition) is 4. The number of nitrogens with one attached hydrogen (secondary N) is 1. The van der Waals surface area contributed by atoms with Crippen LogP contribution in [0, 0.1) is 0 Å². The average Bonchev–Trinajstić information content (AvgIpc) is 2.97. The smallest absolute Gasteiger partial charge is 0.220 e. The van der Waals surface area contributed by atoms with Crippen molar-refractivity contribution in [3.8, 4) is 0 Å². The van der Waals surface area contributed by atoms with E-state index in [4.69, 9.17) is 0 Å². The largest absolute Gasteiger partial charge is 0.394 e. The third kappa shape index (κ3) is 27.2. The molecule has 0 saturated heterocycles. The molecule has 0 saturated carbocycles. The molecule has 0 heterocycles. The third-order valence-electron chi connectivity index (χ3n) is 7.69. The molecule has 0 aliphatic rings. The maximum absolute atomic E-state index is 12.3. The van der Waals surface area contributed by atoms with E-state index in [-0.39, 0.29) is 12.5 Å². The Morgan fingerprint density at radius 1 is 0.585 bits per heavy atom. The van der Waals surface area contributed by atoms with Crippen LogP contribution in [0.2, 0.25) is 0 Å². The van der Waals surface area contributed by atoms with Gasteiger partial charge in [-0.2, -0.15) is 0 Å². The van der Waals surface area contributed by atoms with E-state index >= 15 is 0 Å². The lowest BCUT2D eigenvalue weighted by molar-refractivity contribution is -0.124. The summed E-state index contributed by atoms with van der Waals surface area (Å²) in [6.07, 6.45) is 36.6. The first-order valence-electron chi connectivity index (χ1n) is 17.3. The molecule has 5 nitrogen and oxygen atoms in total. The monoisotopic (exact) mass is 578 g/mol. The van der Waals surface area contributed by atoms with Crippen LogP contribution in [0.25, 0.3) is 0 Å². The van der Waals surface area contributed by atoms with Gasteiger partial charge >= 0.3 is 0 Å². The van der Waals surface area contributed by atoms with E-state index in [2.05, 4.69) is 55.6 Å². The molecule has 0 aromatic carbocycles. The molecule has 1 amide bonds. The van der Waals surface area contributed by atoms with Crippen molar-refractivity contribution in [3.05, 3.63) is 36.5 Å². The predicted molar refractivity (Wildman–Crippen MR) is 176 cm³/mol. The Bertz CT molecular complexity index is 645. The molecule has 0 rings (SSSR count). The molecule has 3 atom stereocenters. The number of allylic oxidation sites excluding steroid dienone is 6. The molecule has 4 N–H and O–H groups in total. The van der Waals surface area contributed by atoms with Gasteiger partial charge in [-0.15, -0.1) is 0 Å². The second-order valence-corrected chi connectivity index (χ2v) is 11.7. The van der Waals surface area contributed by atoms with Gasteiger partial charge in [-0.1, -0.05) is 115 Å². The third-order valence-corrected chi connectivity index (χ3v) is 7.69. The van der Waals surface area contributed by atoms with E-state index in [1.807, 2.05) is 0 Å². The Labute approximate surface area is 254 Å². The van der Waals surface area contributed by atoms with E-state index < -0.39 is 18.2 Å². The van der Waals surface area contributed by atoms with Gasteiger partial charge < -0.3 is 20.6 Å². The Morgan fingerprint density at radius 2 is 1.00 bits per heavy atom. The van der Waals surface area contributed by atoms with Crippen LogP contribution in [0.1, 0.15) is 162 Å². The van der Waals surface area contributed by atoms with Crippen molar-refractivity contribution in [1.82, 2.24) is 5.32 Å². The van der Waals surface area contributed by atoms with Gasteiger partial charge in [0.25, 0.3) is 0 Å². The number of unbranched alkanes of at least 4 members (excludes halogenated alkanes) is 16. The van der Waals surface area contributed by atoms with Gasteiger partial charge in [-0.25, -0.2) is 0 Å². The maximum atomic E-state index is 12.3. The summed E-state index contributed by atoms with van der Waals surface area (Å²) >= 11 is 0.